The molecule has 1 aliphatic heterocycles. The summed E-state index contributed by atoms with van der Waals surface area (Å²) in [5.41, 5.74) is -0.712. The molecule has 1 unspecified atom stereocenters. The van der Waals surface area contributed by atoms with Crippen molar-refractivity contribution in [3.63, 3.8) is 0 Å². The van der Waals surface area contributed by atoms with E-state index in [0.29, 0.717) is 5.82 Å². The van der Waals surface area contributed by atoms with Gasteiger partial charge in [0.1, 0.15) is 11.6 Å². The van der Waals surface area contributed by atoms with Gasteiger partial charge in [-0.2, -0.15) is 13.2 Å². The number of piperidine rings is 1. The van der Waals surface area contributed by atoms with Gasteiger partial charge in [-0.25, -0.2) is 9.97 Å². The second-order valence-corrected chi connectivity index (χ2v) is 7.32. The Morgan fingerprint density at radius 1 is 1.22 bits per heavy atom. The molecule has 0 N–H and O–H groups in total. The molecule has 1 saturated heterocycles. The number of nitrogens with zero attached hydrogens (tertiary/aromatic N) is 5. The van der Waals surface area contributed by atoms with E-state index < -0.39 is 11.7 Å². The molecule has 5 nitrogen and oxygen atoms in total. The van der Waals surface area contributed by atoms with Crippen LogP contribution < -0.4 is 4.90 Å². The number of aromatic nitrogens is 3. The summed E-state index contributed by atoms with van der Waals surface area (Å²) in [6, 6.07) is 2.57. The Kier molecular flexibility index (Phi) is 6.04. The van der Waals surface area contributed by atoms with Crippen molar-refractivity contribution in [2.24, 2.45) is 0 Å². The van der Waals surface area contributed by atoms with Gasteiger partial charge in [-0.3, -0.25) is 0 Å². The molecule has 1 atom stereocenters. The van der Waals surface area contributed by atoms with E-state index in [4.69, 9.17) is 0 Å². The maximum absolute atomic E-state index is 12.7. The highest BCUT2D eigenvalue weighted by molar-refractivity contribution is 5.41. The van der Waals surface area contributed by atoms with E-state index in [1.54, 1.807) is 0 Å². The largest absolute Gasteiger partial charge is 0.417 e. The van der Waals surface area contributed by atoms with Crippen molar-refractivity contribution in [1.82, 2.24) is 19.4 Å². The molecule has 148 valence electrons. The zero-order valence-corrected chi connectivity index (χ0v) is 15.8. The van der Waals surface area contributed by atoms with Crippen LogP contribution in [0.2, 0.25) is 0 Å². The lowest BCUT2D eigenvalue weighted by Gasteiger charge is -2.33. The minimum absolute atomic E-state index is 0.261. The summed E-state index contributed by atoms with van der Waals surface area (Å²) in [5, 5.41) is 0. The molecular formula is C19H26F3N5. The van der Waals surface area contributed by atoms with Crippen LogP contribution in [0, 0.1) is 0 Å². The Bertz CT molecular complexity index is 724. The van der Waals surface area contributed by atoms with E-state index in [1.165, 1.54) is 6.07 Å². The SMILES string of the molecule is CN(C)CCCn1ccnc1C1CCCN(c2ccc(C(F)(F)F)cn2)C1. The Hall–Kier alpha value is -2.09. The van der Waals surface area contributed by atoms with Crippen molar-refractivity contribution in [3.8, 4) is 0 Å². The van der Waals surface area contributed by atoms with Crippen LogP contribution in [0.1, 0.15) is 36.6 Å². The van der Waals surface area contributed by atoms with Gasteiger partial charge >= 0.3 is 6.18 Å². The van der Waals surface area contributed by atoms with E-state index in [-0.39, 0.29) is 5.92 Å². The highest BCUT2D eigenvalue weighted by atomic mass is 19.4. The Balaban J connectivity index is 1.67. The number of hydrogen-bond donors (Lipinski definition) is 0. The molecule has 0 spiro atoms. The third-order valence-electron chi connectivity index (χ3n) is 4.94. The molecule has 2 aromatic rings. The number of halogens is 3. The summed E-state index contributed by atoms with van der Waals surface area (Å²) in [6.45, 7) is 3.46. The van der Waals surface area contributed by atoms with Gasteiger partial charge < -0.3 is 14.4 Å². The minimum atomic E-state index is -4.35. The molecule has 3 heterocycles. The van der Waals surface area contributed by atoms with E-state index in [2.05, 4.69) is 38.4 Å². The number of anilines is 1. The lowest BCUT2D eigenvalue weighted by atomic mass is 9.97. The van der Waals surface area contributed by atoms with Crippen LogP contribution in [-0.4, -0.2) is 53.2 Å². The smallest absolute Gasteiger partial charge is 0.356 e. The Morgan fingerprint density at radius 2 is 2.04 bits per heavy atom. The van der Waals surface area contributed by atoms with Crippen molar-refractivity contribution < 1.29 is 13.2 Å². The highest BCUT2D eigenvalue weighted by Gasteiger charge is 2.31. The average Bonchev–Trinajstić information content (AvgIpc) is 3.09. The van der Waals surface area contributed by atoms with Gasteiger partial charge in [0.05, 0.1) is 5.56 Å². The summed E-state index contributed by atoms with van der Waals surface area (Å²) < 4.78 is 40.4. The summed E-state index contributed by atoms with van der Waals surface area (Å²) in [6.07, 6.45) is 3.46. The van der Waals surface area contributed by atoms with Crippen molar-refractivity contribution >= 4 is 5.82 Å². The molecule has 0 radical (unpaired) electrons. The zero-order valence-electron chi connectivity index (χ0n) is 15.8. The summed E-state index contributed by atoms with van der Waals surface area (Å²) in [4.78, 5) is 12.8. The first-order chi connectivity index (χ1) is 12.8. The van der Waals surface area contributed by atoms with Crippen LogP contribution in [0.3, 0.4) is 0 Å². The van der Waals surface area contributed by atoms with Crippen LogP contribution >= 0.6 is 0 Å². The van der Waals surface area contributed by atoms with Crippen LogP contribution in [0.5, 0.6) is 0 Å². The second kappa shape index (κ2) is 8.29. The molecule has 27 heavy (non-hydrogen) atoms. The van der Waals surface area contributed by atoms with Crippen molar-refractivity contribution in [2.75, 3.05) is 38.6 Å². The molecule has 0 saturated carbocycles. The third kappa shape index (κ3) is 5.00. The van der Waals surface area contributed by atoms with Gasteiger partial charge in [-0.1, -0.05) is 0 Å². The number of aryl methyl sites for hydroxylation is 1. The number of hydrogen-bond acceptors (Lipinski definition) is 4. The van der Waals surface area contributed by atoms with Crippen LogP contribution in [0.4, 0.5) is 19.0 Å². The fraction of sp³-hybridized carbons (Fsp3) is 0.579. The molecule has 0 aliphatic carbocycles. The molecule has 0 aromatic carbocycles. The van der Waals surface area contributed by atoms with Crippen LogP contribution in [0.15, 0.2) is 30.7 Å². The van der Waals surface area contributed by atoms with Crippen molar-refractivity contribution in [1.29, 1.82) is 0 Å². The van der Waals surface area contributed by atoms with E-state index >= 15 is 0 Å². The predicted octanol–water partition coefficient (Wildman–Crippen LogP) is 3.63. The number of rotatable bonds is 6. The first-order valence-electron chi connectivity index (χ1n) is 9.28. The number of imidazole rings is 1. The van der Waals surface area contributed by atoms with E-state index in [0.717, 1.165) is 63.5 Å². The standard InChI is InChI=1S/C19H26F3N5/c1-25(2)9-4-11-26-12-8-23-18(26)15-5-3-10-27(14-15)17-7-6-16(13-24-17)19(20,21)22/h6-8,12-13,15H,3-5,9-11,14H2,1-2H3. The highest BCUT2D eigenvalue weighted by Crippen LogP contribution is 2.31. The monoisotopic (exact) mass is 381 g/mol. The summed E-state index contributed by atoms with van der Waals surface area (Å²) >= 11 is 0. The topological polar surface area (TPSA) is 37.2 Å². The Labute approximate surface area is 157 Å². The quantitative estimate of drug-likeness (QED) is 0.766. The van der Waals surface area contributed by atoms with Crippen molar-refractivity contribution in [2.45, 2.75) is 37.9 Å². The maximum Gasteiger partial charge on any atom is 0.417 e. The zero-order chi connectivity index (χ0) is 19.4. The molecule has 1 fully saturated rings. The van der Waals surface area contributed by atoms with Gasteiger partial charge in [-0.05, 0) is 52.0 Å². The molecule has 0 bridgehead atoms. The number of pyridine rings is 1. The number of alkyl halides is 3. The van der Waals surface area contributed by atoms with Gasteiger partial charge in [0.2, 0.25) is 0 Å². The average molecular weight is 381 g/mol. The van der Waals surface area contributed by atoms with E-state index in [9.17, 15) is 13.2 Å². The first kappa shape index (κ1) is 19.7. The first-order valence-corrected chi connectivity index (χ1v) is 9.28. The molecule has 2 aromatic heterocycles. The van der Waals surface area contributed by atoms with Crippen LogP contribution in [-0.2, 0) is 12.7 Å². The van der Waals surface area contributed by atoms with Gasteiger partial charge in [0.25, 0.3) is 0 Å². The van der Waals surface area contributed by atoms with E-state index in [1.807, 2.05) is 12.4 Å². The summed E-state index contributed by atoms with van der Waals surface area (Å²) in [7, 11) is 4.12. The van der Waals surface area contributed by atoms with Gasteiger partial charge in [-0.15, -0.1) is 0 Å². The van der Waals surface area contributed by atoms with Gasteiger partial charge in [0.15, 0.2) is 0 Å². The van der Waals surface area contributed by atoms with Crippen LogP contribution in [0.25, 0.3) is 0 Å². The maximum atomic E-state index is 12.7. The van der Waals surface area contributed by atoms with Crippen molar-refractivity contribution in [3.05, 3.63) is 42.1 Å². The fourth-order valence-electron chi connectivity index (χ4n) is 3.56. The second-order valence-electron chi connectivity index (χ2n) is 7.32. The third-order valence-corrected chi connectivity index (χ3v) is 4.94. The molecule has 1 aliphatic rings. The lowest BCUT2D eigenvalue weighted by Crippen LogP contribution is -2.36. The molecule has 0 amide bonds. The summed E-state index contributed by atoms with van der Waals surface area (Å²) in [5.74, 6) is 1.92. The molecular weight excluding hydrogens is 355 g/mol. The molecule has 8 heteroatoms. The minimum Gasteiger partial charge on any atom is -0.356 e. The fourth-order valence-corrected chi connectivity index (χ4v) is 3.56. The Morgan fingerprint density at radius 3 is 2.70 bits per heavy atom. The lowest BCUT2D eigenvalue weighted by molar-refractivity contribution is -0.137. The predicted molar refractivity (Wildman–Crippen MR) is 98.8 cm³/mol. The normalized spacial score (nSPS) is 18.3. The molecule has 3 rings (SSSR count). The van der Waals surface area contributed by atoms with Gasteiger partial charge in [0, 0.05) is 44.1 Å².